The third-order valence-electron chi connectivity index (χ3n) is 5.10. The molecule has 1 unspecified atom stereocenters. The highest BCUT2D eigenvalue weighted by atomic mass is 32.1. The number of amides is 5. The second-order valence-corrected chi connectivity index (χ2v) is 8.49. The molecule has 2 aromatic heterocycles. The summed E-state index contributed by atoms with van der Waals surface area (Å²) < 4.78 is 0. The van der Waals surface area contributed by atoms with Crippen molar-refractivity contribution in [2.24, 2.45) is 0 Å². The Balaban J connectivity index is 1.29. The molecule has 2 aliphatic rings. The summed E-state index contributed by atoms with van der Waals surface area (Å²) in [6, 6.07) is 4.19. The van der Waals surface area contributed by atoms with E-state index in [-0.39, 0.29) is 31.4 Å². The number of carbonyl (C=O) groups excluding carboxylic acids is 4. The van der Waals surface area contributed by atoms with E-state index in [2.05, 4.69) is 26.3 Å². The van der Waals surface area contributed by atoms with Crippen LogP contribution in [0.25, 0.3) is 0 Å². The maximum Gasteiger partial charge on any atom is 0.319 e. The van der Waals surface area contributed by atoms with Crippen molar-refractivity contribution in [3.8, 4) is 0 Å². The van der Waals surface area contributed by atoms with Gasteiger partial charge in [0.05, 0.1) is 29.9 Å². The number of rotatable bonds is 7. The van der Waals surface area contributed by atoms with Crippen LogP contribution < -0.4 is 21.3 Å². The van der Waals surface area contributed by atoms with Gasteiger partial charge in [0.25, 0.3) is 5.91 Å². The van der Waals surface area contributed by atoms with E-state index in [4.69, 9.17) is 5.11 Å². The van der Waals surface area contributed by atoms with Gasteiger partial charge in [0.1, 0.15) is 11.9 Å². The molecule has 5 N–H and O–H groups in total. The summed E-state index contributed by atoms with van der Waals surface area (Å²) in [7, 11) is 0. The van der Waals surface area contributed by atoms with Crippen molar-refractivity contribution in [2.75, 3.05) is 23.8 Å². The van der Waals surface area contributed by atoms with Gasteiger partial charge in [-0.25, -0.2) is 9.78 Å². The lowest BCUT2D eigenvalue weighted by Gasteiger charge is -2.29. The van der Waals surface area contributed by atoms with Crippen molar-refractivity contribution in [3.63, 3.8) is 0 Å². The van der Waals surface area contributed by atoms with Crippen LogP contribution in [-0.4, -0.2) is 57.9 Å². The first-order valence-electron chi connectivity index (χ1n) is 10.1. The Kier molecular flexibility index (Phi) is 6.32. The minimum absolute atomic E-state index is 0.00319. The zero-order valence-corrected chi connectivity index (χ0v) is 17.8. The van der Waals surface area contributed by atoms with Crippen molar-refractivity contribution < 1.29 is 24.3 Å². The third kappa shape index (κ3) is 4.70. The predicted molar refractivity (Wildman–Crippen MR) is 116 cm³/mol. The summed E-state index contributed by atoms with van der Waals surface area (Å²) >= 11 is 1.28. The summed E-state index contributed by atoms with van der Waals surface area (Å²) in [6.45, 7) is 0.944. The Morgan fingerprint density at radius 3 is 2.84 bits per heavy atom. The second-order valence-electron chi connectivity index (χ2n) is 7.36. The quantitative estimate of drug-likeness (QED) is 0.382. The Morgan fingerprint density at radius 1 is 1.31 bits per heavy atom. The molecule has 12 heteroatoms. The molecule has 0 bridgehead atoms. The molecule has 2 aliphatic heterocycles. The number of urea groups is 1. The molecule has 2 aromatic rings. The lowest BCUT2D eigenvalue weighted by molar-refractivity contribution is -0.136. The number of anilines is 2. The summed E-state index contributed by atoms with van der Waals surface area (Å²) in [6.07, 6.45) is 2.05. The number of aliphatic hydroxyl groups is 1. The van der Waals surface area contributed by atoms with Gasteiger partial charge in [0, 0.05) is 24.4 Å². The first-order valence-corrected chi connectivity index (χ1v) is 10.9. The SMILES string of the molecule is O=C1CCC(N2Cc3cc(CNC(=O)Nc4ccc(NCCO)nc4)sc3C2=O)C(=O)N1. The van der Waals surface area contributed by atoms with Crippen molar-refractivity contribution in [2.45, 2.75) is 32.0 Å². The molecule has 4 heterocycles. The fraction of sp³-hybridized carbons (Fsp3) is 0.350. The number of nitrogens with zero attached hydrogens (tertiary/aromatic N) is 2. The number of piperidine rings is 1. The minimum Gasteiger partial charge on any atom is -0.395 e. The van der Waals surface area contributed by atoms with E-state index in [0.717, 1.165) is 10.4 Å². The van der Waals surface area contributed by atoms with E-state index < -0.39 is 18.0 Å². The van der Waals surface area contributed by atoms with Crippen LogP contribution in [0.4, 0.5) is 16.3 Å². The molecular formula is C20H22N6O5S. The normalized spacial score (nSPS) is 17.7. The Hall–Kier alpha value is -3.51. The summed E-state index contributed by atoms with van der Waals surface area (Å²) in [5, 5.41) is 19.4. The number of carbonyl (C=O) groups is 4. The highest BCUT2D eigenvalue weighted by molar-refractivity contribution is 7.14. The van der Waals surface area contributed by atoms with E-state index in [1.54, 1.807) is 12.1 Å². The second kappa shape index (κ2) is 9.32. The van der Waals surface area contributed by atoms with Gasteiger partial charge in [-0.2, -0.15) is 0 Å². The Bertz CT molecular complexity index is 1050. The zero-order chi connectivity index (χ0) is 22.7. The van der Waals surface area contributed by atoms with Crippen molar-refractivity contribution in [3.05, 3.63) is 39.7 Å². The van der Waals surface area contributed by atoms with Crippen LogP contribution in [0.15, 0.2) is 24.4 Å². The minimum atomic E-state index is -0.633. The number of thiophene rings is 1. The van der Waals surface area contributed by atoms with E-state index in [1.807, 2.05) is 6.07 Å². The highest BCUT2D eigenvalue weighted by Gasteiger charge is 2.40. The first-order chi connectivity index (χ1) is 15.4. The molecule has 0 saturated carbocycles. The van der Waals surface area contributed by atoms with Gasteiger partial charge >= 0.3 is 6.03 Å². The Labute approximate surface area is 187 Å². The van der Waals surface area contributed by atoms with E-state index in [0.29, 0.717) is 35.9 Å². The monoisotopic (exact) mass is 458 g/mol. The first kappa shape index (κ1) is 21.7. The smallest absolute Gasteiger partial charge is 0.319 e. The maximum absolute atomic E-state index is 12.8. The van der Waals surface area contributed by atoms with Crippen LogP contribution >= 0.6 is 11.3 Å². The van der Waals surface area contributed by atoms with Crippen molar-refractivity contribution >= 4 is 46.6 Å². The summed E-state index contributed by atoms with van der Waals surface area (Å²) in [4.78, 5) is 55.3. The van der Waals surface area contributed by atoms with E-state index >= 15 is 0 Å². The molecule has 168 valence electrons. The number of aliphatic hydroxyl groups excluding tert-OH is 1. The lowest BCUT2D eigenvalue weighted by Crippen LogP contribution is -2.52. The van der Waals surface area contributed by atoms with Gasteiger partial charge in [0.15, 0.2) is 0 Å². The molecule has 5 amide bonds. The largest absolute Gasteiger partial charge is 0.395 e. The third-order valence-corrected chi connectivity index (χ3v) is 6.27. The number of nitrogens with one attached hydrogen (secondary N) is 4. The summed E-state index contributed by atoms with van der Waals surface area (Å²) in [5.74, 6) is -0.385. The van der Waals surface area contributed by atoms with Gasteiger partial charge in [-0.05, 0) is 30.2 Å². The van der Waals surface area contributed by atoms with Gasteiger partial charge in [-0.3, -0.25) is 19.7 Å². The van der Waals surface area contributed by atoms with Crippen LogP contribution in [0.1, 0.15) is 33.0 Å². The molecular weight excluding hydrogens is 436 g/mol. The zero-order valence-electron chi connectivity index (χ0n) is 17.0. The van der Waals surface area contributed by atoms with Crippen molar-refractivity contribution in [1.82, 2.24) is 20.5 Å². The van der Waals surface area contributed by atoms with Crippen LogP contribution in [0, 0.1) is 0 Å². The predicted octanol–water partition coefficient (Wildman–Crippen LogP) is 0.630. The molecule has 1 atom stereocenters. The van der Waals surface area contributed by atoms with Gasteiger partial charge in [-0.15, -0.1) is 11.3 Å². The van der Waals surface area contributed by atoms with E-state index in [1.165, 1.54) is 22.4 Å². The molecule has 1 saturated heterocycles. The fourth-order valence-corrected chi connectivity index (χ4v) is 4.65. The molecule has 4 rings (SSSR count). The number of fused-ring (bicyclic) bond motifs is 1. The van der Waals surface area contributed by atoms with Crippen molar-refractivity contribution in [1.29, 1.82) is 0 Å². The molecule has 0 radical (unpaired) electrons. The fourth-order valence-electron chi connectivity index (χ4n) is 3.59. The number of imide groups is 1. The number of aromatic nitrogens is 1. The lowest BCUT2D eigenvalue weighted by atomic mass is 10.0. The standard InChI is InChI=1S/C20H22N6O5S/c27-6-5-21-15-3-1-12(8-22-15)24-20(31)23-9-13-7-11-10-26(19(30)17(11)32-13)14-2-4-16(28)25-18(14)29/h1,3,7-8,14,27H,2,4-6,9-10H2,(H,21,22)(H2,23,24,31)(H,25,28,29). The molecule has 0 aromatic carbocycles. The molecule has 11 nitrogen and oxygen atoms in total. The average Bonchev–Trinajstić information content (AvgIpc) is 3.31. The van der Waals surface area contributed by atoms with Crippen LogP contribution in [-0.2, 0) is 22.7 Å². The molecule has 0 aliphatic carbocycles. The maximum atomic E-state index is 12.8. The average molecular weight is 459 g/mol. The molecule has 32 heavy (non-hydrogen) atoms. The van der Waals surface area contributed by atoms with E-state index in [9.17, 15) is 19.2 Å². The Morgan fingerprint density at radius 2 is 2.16 bits per heavy atom. The molecule has 1 fully saturated rings. The van der Waals surface area contributed by atoms with Gasteiger partial charge < -0.3 is 26.0 Å². The van der Waals surface area contributed by atoms with Crippen LogP contribution in [0.2, 0.25) is 0 Å². The van der Waals surface area contributed by atoms with Gasteiger partial charge in [-0.1, -0.05) is 0 Å². The number of pyridine rings is 1. The topological polar surface area (TPSA) is 153 Å². The van der Waals surface area contributed by atoms with Crippen LogP contribution in [0.3, 0.4) is 0 Å². The van der Waals surface area contributed by atoms with Gasteiger partial charge in [0.2, 0.25) is 11.8 Å². The summed E-state index contributed by atoms with van der Waals surface area (Å²) in [5.41, 5.74) is 1.33. The van der Waals surface area contributed by atoms with Crippen LogP contribution in [0.5, 0.6) is 0 Å². The highest BCUT2D eigenvalue weighted by Crippen LogP contribution is 2.33. The number of hydrogen-bond donors (Lipinski definition) is 5. The molecule has 0 spiro atoms. The number of hydrogen-bond acceptors (Lipinski definition) is 8.